The van der Waals surface area contributed by atoms with Gasteiger partial charge in [-0.1, -0.05) is 43.0 Å². The summed E-state index contributed by atoms with van der Waals surface area (Å²) in [4.78, 5) is 0.293. The van der Waals surface area contributed by atoms with Crippen LogP contribution in [0.4, 0.5) is 0 Å². The monoisotopic (exact) mass is 369 g/mol. The van der Waals surface area contributed by atoms with Crippen molar-refractivity contribution in [2.24, 2.45) is 0 Å². The maximum absolute atomic E-state index is 13.3. The zero-order valence-corrected chi connectivity index (χ0v) is 15.9. The minimum atomic E-state index is -3.65. The summed E-state index contributed by atoms with van der Waals surface area (Å²) in [7, 11) is -2.04. The van der Waals surface area contributed by atoms with Crippen molar-refractivity contribution in [2.75, 3.05) is 7.11 Å². The number of ether oxygens (including phenoxy) is 1. The Bertz CT molecular complexity index is 928. The van der Waals surface area contributed by atoms with E-state index in [0.717, 1.165) is 28.0 Å². The average Bonchev–Trinajstić information content (AvgIpc) is 2.65. The summed E-state index contributed by atoms with van der Waals surface area (Å²) in [5.74, 6) is 0.739. The van der Waals surface area contributed by atoms with E-state index in [1.54, 1.807) is 19.2 Å². The zero-order valence-electron chi connectivity index (χ0n) is 15.1. The Balaban J connectivity index is 1.96. The second-order valence-corrected chi connectivity index (χ2v) is 8.45. The minimum Gasteiger partial charge on any atom is -0.497 e. The standard InChI is InChI=1S/C21H23NO3S/c1-15-5-11-20(12-6-15)26(23,24)22(21-13-16(2)17(21)3)14-18-7-9-19(25-4)10-8-18/h5-12,21H,2-3,13-14H2,1,4H3/t21-/m1/s1. The van der Waals surface area contributed by atoms with Crippen LogP contribution in [0.25, 0.3) is 0 Å². The predicted molar refractivity (Wildman–Crippen MR) is 104 cm³/mol. The SMILES string of the molecule is C=C1C[C@@H](N(Cc2ccc(OC)cc2)S(=O)(=O)c2ccc(C)cc2)C1=C. The van der Waals surface area contributed by atoms with E-state index < -0.39 is 10.0 Å². The Morgan fingerprint density at radius 1 is 1.08 bits per heavy atom. The molecule has 2 aromatic rings. The van der Waals surface area contributed by atoms with Crippen molar-refractivity contribution in [1.82, 2.24) is 4.31 Å². The first kappa shape index (κ1) is 18.4. The lowest BCUT2D eigenvalue weighted by Gasteiger charge is -2.40. The van der Waals surface area contributed by atoms with E-state index in [1.807, 2.05) is 43.3 Å². The molecule has 136 valence electrons. The van der Waals surface area contributed by atoms with E-state index in [4.69, 9.17) is 4.74 Å². The normalized spacial score (nSPS) is 17.3. The molecule has 1 saturated carbocycles. The number of nitrogens with zero attached hydrogens (tertiary/aromatic N) is 1. The molecular weight excluding hydrogens is 346 g/mol. The molecule has 1 aliphatic carbocycles. The van der Waals surface area contributed by atoms with Crippen LogP contribution < -0.4 is 4.74 Å². The highest BCUT2D eigenvalue weighted by atomic mass is 32.2. The first-order valence-corrected chi connectivity index (χ1v) is 9.85. The van der Waals surface area contributed by atoms with Gasteiger partial charge in [-0.3, -0.25) is 0 Å². The van der Waals surface area contributed by atoms with Gasteiger partial charge in [0.25, 0.3) is 0 Å². The Morgan fingerprint density at radius 3 is 2.19 bits per heavy atom. The third-order valence-corrected chi connectivity index (χ3v) is 6.64. The van der Waals surface area contributed by atoms with Gasteiger partial charge in [-0.05, 0) is 54.3 Å². The molecule has 1 atom stereocenters. The summed E-state index contributed by atoms with van der Waals surface area (Å²) in [5, 5.41) is 0. The van der Waals surface area contributed by atoms with Crippen molar-refractivity contribution in [3.8, 4) is 5.75 Å². The van der Waals surface area contributed by atoms with E-state index in [-0.39, 0.29) is 12.6 Å². The number of benzene rings is 2. The topological polar surface area (TPSA) is 46.6 Å². The summed E-state index contributed by atoms with van der Waals surface area (Å²) in [6.07, 6.45) is 0.611. The molecule has 0 unspecified atom stereocenters. The molecule has 1 aliphatic rings. The van der Waals surface area contributed by atoms with E-state index in [0.29, 0.717) is 11.3 Å². The molecule has 0 spiro atoms. The highest BCUT2D eigenvalue weighted by Gasteiger charge is 2.39. The summed E-state index contributed by atoms with van der Waals surface area (Å²) in [6, 6.07) is 14.1. The van der Waals surface area contributed by atoms with Crippen LogP contribution in [0.3, 0.4) is 0 Å². The first-order valence-electron chi connectivity index (χ1n) is 8.41. The van der Waals surface area contributed by atoms with Gasteiger partial charge in [0, 0.05) is 6.54 Å². The van der Waals surface area contributed by atoms with Gasteiger partial charge in [-0.2, -0.15) is 4.31 Å². The molecule has 0 radical (unpaired) electrons. The van der Waals surface area contributed by atoms with Crippen molar-refractivity contribution in [3.05, 3.63) is 84.0 Å². The van der Waals surface area contributed by atoms with Crippen LogP contribution in [-0.4, -0.2) is 25.9 Å². The maximum Gasteiger partial charge on any atom is 0.243 e. The highest BCUT2D eigenvalue weighted by molar-refractivity contribution is 7.89. The van der Waals surface area contributed by atoms with E-state index in [2.05, 4.69) is 13.2 Å². The van der Waals surface area contributed by atoms with Crippen molar-refractivity contribution in [2.45, 2.75) is 30.8 Å². The quantitative estimate of drug-likeness (QED) is 0.771. The van der Waals surface area contributed by atoms with Gasteiger partial charge in [0.05, 0.1) is 18.0 Å². The van der Waals surface area contributed by atoms with Crippen LogP contribution in [-0.2, 0) is 16.6 Å². The lowest BCUT2D eigenvalue weighted by molar-refractivity contribution is 0.317. The molecule has 5 heteroatoms. The molecule has 1 fully saturated rings. The lowest BCUT2D eigenvalue weighted by atomic mass is 9.82. The summed E-state index contributed by atoms with van der Waals surface area (Å²) < 4.78 is 33.3. The second kappa shape index (κ2) is 7.09. The van der Waals surface area contributed by atoms with Gasteiger partial charge in [-0.25, -0.2) is 8.42 Å². The van der Waals surface area contributed by atoms with Crippen molar-refractivity contribution in [1.29, 1.82) is 0 Å². The number of hydrogen-bond donors (Lipinski definition) is 0. The van der Waals surface area contributed by atoms with E-state index in [1.165, 1.54) is 4.31 Å². The number of methoxy groups -OCH3 is 1. The maximum atomic E-state index is 13.3. The summed E-state index contributed by atoms with van der Waals surface area (Å²) in [6.45, 7) is 10.1. The molecule has 26 heavy (non-hydrogen) atoms. The molecule has 0 N–H and O–H groups in total. The first-order chi connectivity index (χ1) is 12.3. The summed E-state index contributed by atoms with van der Waals surface area (Å²) >= 11 is 0. The molecule has 0 saturated heterocycles. The Morgan fingerprint density at radius 2 is 1.69 bits per heavy atom. The Kier molecular flexibility index (Phi) is 5.03. The Labute approximate surface area is 155 Å². The molecule has 0 aromatic heterocycles. The fourth-order valence-electron chi connectivity index (χ4n) is 2.99. The van der Waals surface area contributed by atoms with Gasteiger partial charge in [0.2, 0.25) is 10.0 Å². The predicted octanol–water partition coefficient (Wildman–Crippen LogP) is 4.08. The van der Waals surface area contributed by atoms with Gasteiger partial charge >= 0.3 is 0 Å². The van der Waals surface area contributed by atoms with Crippen LogP contribution in [0.1, 0.15) is 17.5 Å². The van der Waals surface area contributed by atoms with Gasteiger partial charge in [0.15, 0.2) is 0 Å². The fraction of sp³-hybridized carbons (Fsp3) is 0.238. The fourth-order valence-corrected chi connectivity index (χ4v) is 4.59. The molecule has 0 amide bonds. The molecule has 0 aliphatic heterocycles. The second-order valence-electron chi connectivity index (χ2n) is 6.56. The van der Waals surface area contributed by atoms with Crippen LogP contribution >= 0.6 is 0 Å². The highest BCUT2D eigenvalue weighted by Crippen LogP contribution is 2.38. The minimum absolute atomic E-state index is 0.254. The molecule has 4 nitrogen and oxygen atoms in total. The van der Waals surface area contributed by atoms with Gasteiger partial charge in [-0.15, -0.1) is 0 Å². The number of hydrogen-bond acceptors (Lipinski definition) is 3. The van der Waals surface area contributed by atoms with Crippen LogP contribution in [0, 0.1) is 6.92 Å². The smallest absolute Gasteiger partial charge is 0.243 e. The van der Waals surface area contributed by atoms with Crippen molar-refractivity contribution >= 4 is 10.0 Å². The van der Waals surface area contributed by atoms with Gasteiger partial charge in [0.1, 0.15) is 5.75 Å². The van der Waals surface area contributed by atoms with E-state index >= 15 is 0 Å². The largest absolute Gasteiger partial charge is 0.497 e. The van der Waals surface area contributed by atoms with Gasteiger partial charge < -0.3 is 4.74 Å². The average molecular weight is 369 g/mol. The number of aryl methyl sites for hydroxylation is 1. The molecule has 3 rings (SSSR count). The molecular formula is C21H23NO3S. The molecule has 2 aromatic carbocycles. The summed E-state index contributed by atoms with van der Waals surface area (Å²) in [5.41, 5.74) is 3.61. The van der Waals surface area contributed by atoms with E-state index in [9.17, 15) is 8.42 Å². The Hall–Kier alpha value is -2.37. The third-order valence-electron chi connectivity index (χ3n) is 4.77. The van der Waals surface area contributed by atoms with Crippen LogP contribution in [0.5, 0.6) is 5.75 Å². The van der Waals surface area contributed by atoms with Crippen LogP contribution in [0.15, 0.2) is 77.7 Å². The molecule has 0 bridgehead atoms. The van der Waals surface area contributed by atoms with Crippen molar-refractivity contribution in [3.63, 3.8) is 0 Å². The number of rotatable bonds is 6. The molecule has 0 heterocycles. The zero-order chi connectivity index (χ0) is 18.9. The number of sulfonamides is 1. The van der Waals surface area contributed by atoms with Crippen LogP contribution in [0.2, 0.25) is 0 Å². The third kappa shape index (κ3) is 3.45. The van der Waals surface area contributed by atoms with Crippen molar-refractivity contribution < 1.29 is 13.2 Å². The lowest BCUT2D eigenvalue weighted by Crippen LogP contribution is -2.45.